The van der Waals surface area contributed by atoms with Gasteiger partial charge in [-0.05, 0) is 43.4 Å². The minimum Gasteiger partial charge on any atom is -0.860 e. The van der Waals surface area contributed by atoms with Crippen LogP contribution in [0.3, 0.4) is 0 Å². The van der Waals surface area contributed by atoms with Crippen LogP contribution in [0.25, 0.3) is 10.9 Å². The van der Waals surface area contributed by atoms with Crippen molar-refractivity contribution in [1.82, 2.24) is 15.6 Å². The standard InChI is InChI=1S/C24H31N5O3.C5H5.Fe/c1-16(28-20-14-19(32-2)13-18-10-6-11-26-22(18)20)7-5-12-27-24(31)21(15-25)29-23(30)17-8-3-4-9-17;1-2-4-5-3-1;/h3-4,6,8-11,13-14,16,21,28-30H,5,7,12,15,25H2,1-2H3,(H,27,31);1-5H;/q;-1;+2/p-1/t16?,21-;;/m1../s1. The number of fused-ring (bicyclic) bond motifs is 1. The quantitative estimate of drug-likeness (QED) is 0.124. The van der Waals surface area contributed by atoms with Crippen molar-refractivity contribution in [2.24, 2.45) is 5.73 Å². The predicted molar refractivity (Wildman–Crippen MR) is 147 cm³/mol. The van der Waals surface area contributed by atoms with E-state index in [0.717, 1.165) is 35.2 Å². The maximum absolute atomic E-state index is 12.4. The summed E-state index contributed by atoms with van der Waals surface area (Å²) in [5.41, 5.74) is 7.99. The maximum atomic E-state index is 12.4. The van der Waals surface area contributed by atoms with Crippen LogP contribution in [0.4, 0.5) is 5.69 Å². The summed E-state index contributed by atoms with van der Waals surface area (Å²) in [6.45, 7) is 2.61. The molecule has 0 saturated heterocycles. The van der Waals surface area contributed by atoms with E-state index < -0.39 is 6.04 Å². The van der Waals surface area contributed by atoms with Crippen molar-refractivity contribution in [3.63, 3.8) is 0 Å². The van der Waals surface area contributed by atoms with Crippen molar-refractivity contribution in [2.45, 2.75) is 31.8 Å². The van der Waals surface area contributed by atoms with Gasteiger partial charge in [-0.2, -0.15) is 18.2 Å². The summed E-state index contributed by atoms with van der Waals surface area (Å²) < 4.78 is 5.40. The number of benzene rings is 1. The summed E-state index contributed by atoms with van der Waals surface area (Å²) >= 11 is 0. The summed E-state index contributed by atoms with van der Waals surface area (Å²) in [5.74, 6) is 0.178. The molecule has 3 aromatic rings. The molecule has 1 unspecified atom stereocenters. The van der Waals surface area contributed by atoms with Crippen LogP contribution in [0.1, 0.15) is 19.8 Å². The first-order chi connectivity index (χ1) is 18.0. The fourth-order valence-corrected chi connectivity index (χ4v) is 3.79. The van der Waals surface area contributed by atoms with Crippen molar-refractivity contribution >= 4 is 22.5 Å². The summed E-state index contributed by atoms with van der Waals surface area (Å²) in [7, 11) is 1.64. The van der Waals surface area contributed by atoms with Crippen molar-refractivity contribution in [1.29, 1.82) is 0 Å². The molecule has 1 aliphatic rings. The van der Waals surface area contributed by atoms with Crippen LogP contribution in [-0.2, 0) is 21.9 Å². The van der Waals surface area contributed by atoms with E-state index in [1.165, 1.54) is 0 Å². The van der Waals surface area contributed by atoms with E-state index in [2.05, 4.69) is 27.9 Å². The van der Waals surface area contributed by atoms with E-state index in [1.807, 2.05) is 54.6 Å². The van der Waals surface area contributed by atoms with Gasteiger partial charge >= 0.3 is 17.1 Å². The summed E-state index contributed by atoms with van der Waals surface area (Å²) in [6, 6.07) is 17.2. The number of hydrogen-bond donors (Lipinski definition) is 4. The number of nitrogens with one attached hydrogen (secondary N) is 3. The molecule has 0 saturated carbocycles. The Hall–Kier alpha value is -3.65. The molecule has 2 atom stereocenters. The zero-order chi connectivity index (χ0) is 26.5. The first-order valence-electron chi connectivity index (χ1n) is 12.4. The van der Waals surface area contributed by atoms with Crippen LogP contribution in [0, 0.1) is 0 Å². The third kappa shape index (κ3) is 9.34. The number of nitrogens with zero attached hydrogens (tertiary/aromatic N) is 1. The van der Waals surface area contributed by atoms with Gasteiger partial charge in [-0.25, -0.2) is 12.1 Å². The number of hydrogen-bond acceptors (Lipinski definition) is 7. The molecular formula is C29H35FeN5O3. The van der Waals surface area contributed by atoms with Crippen LogP contribution in [0.5, 0.6) is 5.75 Å². The van der Waals surface area contributed by atoms with Crippen LogP contribution in [-0.4, -0.2) is 43.2 Å². The smallest absolute Gasteiger partial charge is 0.860 e. The Labute approximate surface area is 234 Å². The molecule has 0 fully saturated rings. The normalized spacial score (nSPS) is 13.1. The molecule has 8 nitrogen and oxygen atoms in total. The largest absolute Gasteiger partial charge is 2.00 e. The van der Waals surface area contributed by atoms with Gasteiger partial charge in [0.25, 0.3) is 0 Å². The number of pyridine rings is 1. The van der Waals surface area contributed by atoms with E-state index in [9.17, 15) is 9.90 Å². The number of carbonyl (C=O) groups is 1. The van der Waals surface area contributed by atoms with Gasteiger partial charge in [-0.1, -0.05) is 30.4 Å². The second-order valence-electron chi connectivity index (χ2n) is 8.63. The van der Waals surface area contributed by atoms with E-state index in [1.54, 1.807) is 37.6 Å². The number of anilines is 1. The van der Waals surface area contributed by atoms with Crippen molar-refractivity contribution in [2.75, 3.05) is 25.5 Å². The molecule has 1 aromatic heterocycles. The summed E-state index contributed by atoms with van der Waals surface area (Å²) in [6.07, 6.45) is 10.3. The molecule has 0 spiro atoms. The van der Waals surface area contributed by atoms with Crippen molar-refractivity contribution in [3.05, 3.63) is 96.6 Å². The molecule has 202 valence electrons. The van der Waals surface area contributed by atoms with Crippen LogP contribution < -0.4 is 31.5 Å². The monoisotopic (exact) mass is 557 g/mol. The Bertz CT molecular complexity index is 1190. The van der Waals surface area contributed by atoms with E-state index in [4.69, 9.17) is 10.5 Å². The molecule has 1 amide bonds. The van der Waals surface area contributed by atoms with Gasteiger partial charge in [-0.3, -0.25) is 9.78 Å². The Morgan fingerprint density at radius 1 is 1.18 bits per heavy atom. The average Bonchev–Trinajstić information content (AvgIpc) is 3.67. The average molecular weight is 557 g/mol. The maximum Gasteiger partial charge on any atom is 2.00 e. The second-order valence-corrected chi connectivity index (χ2v) is 8.63. The Kier molecular flexibility index (Phi) is 13.1. The molecule has 0 aliphatic heterocycles. The molecule has 4 rings (SSSR count). The summed E-state index contributed by atoms with van der Waals surface area (Å²) in [4.78, 5) is 16.9. The SMILES string of the molecule is COc1cc(NC(C)CCCNC(=O)[C@@H](CN)NC([O-])=C2C=CC=C2)c2ncccc2c1.[Fe+2].c1cc[cH-]c1. The van der Waals surface area contributed by atoms with Gasteiger partial charge in [0.15, 0.2) is 0 Å². The van der Waals surface area contributed by atoms with Gasteiger partial charge < -0.3 is 31.5 Å². The predicted octanol–water partition coefficient (Wildman–Crippen LogP) is 2.96. The van der Waals surface area contributed by atoms with E-state index in [0.29, 0.717) is 12.1 Å². The Balaban J connectivity index is 0.000000756. The molecular weight excluding hydrogens is 522 g/mol. The third-order valence-electron chi connectivity index (χ3n) is 5.77. The molecule has 1 aliphatic carbocycles. The molecule has 2 aromatic carbocycles. The van der Waals surface area contributed by atoms with Crippen LogP contribution >= 0.6 is 0 Å². The number of aromatic nitrogens is 1. The molecule has 1 heterocycles. The zero-order valence-electron chi connectivity index (χ0n) is 21.7. The van der Waals surface area contributed by atoms with Gasteiger partial charge in [0, 0.05) is 36.8 Å². The van der Waals surface area contributed by atoms with Crippen LogP contribution in [0.2, 0.25) is 0 Å². The fourth-order valence-electron chi connectivity index (χ4n) is 3.79. The fraction of sp³-hybridized carbons (Fsp3) is 0.276. The number of allylic oxidation sites excluding steroid dienone is 5. The molecule has 9 heteroatoms. The van der Waals surface area contributed by atoms with Gasteiger partial charge in [0.2, 0.25) is 5.91 Å². The molecule has 0 radical (unpaired) electrons. The van der Waals surface area contributed by atoms with E-state index >= 15 is 0 Å². The zero-order valence-corrected chi connectivity index (χ0v) is 22.8. The van der Waals surface area contributed by atoms with Crippen molar-refractivity contribution in [3.8, 4) is 5.75 Å². The number of amides is 1. The van der Waals surface area contributed by atoms with Gasteiger partial charge in [0.1, 0.15) is 11.8 Å². The van der Waals surface area contributed by atoms with Gasteiger partial charge in [0.05, 0.1) is 18.3 Å². The number of nitrogens with two attached hydrogens (primary N) is 1. The Morgan fingerprint density at radius 2 is 1.92 bits per heavy atom. The topological polar surface area (TPSA) is 124 Å². The molecule has 5 N–H and O–H groups in total. The van der Waals surface area contributed by atoms with Crippen molar-refractivity contribution < 1.29 is 31.7 Å². The number of ether oxygens (including phenoxy) is 1. The minimum atomic E-state index is -0.762. The minimum absolute atomic E-state index is 0. The van der Waals surface area contributed by atoms with Gasteiger partial charge in [-0.15, -0.1) is 0 Å². The number of rotatable bonds is 11. The first kappa shape index (κ1) is 30.6. The Morgan fingerprint density at radius 3 is 2.55 bits per heavy atom. The third-order valence-corrected chi connectivity index (χ3v) is 5.77. The number of methoxy groups -OCH3 is 1. The molecule has 38 heavy (non-hydrogen) atoms. The molecule has 0 bridgehead atoms. The first-order valence-corrected chi connectivity index (χ1v) is 12.4. The second kappa shape index (κ2) is 16.2. The number of carbonyl (C=O) groups excluding carboxylic acids is 1. The van der Waals surface area contributed by atoms with Crippen LogP contribution in [0.15, 0.2) is 96.6 Å². The van der Waals surface area contributed by atoms with E-state index in [-0.39, 0.29) is 41.4 Å². The summed E-state index contributed by atoms with van der Waals surface area (Å²) in [5, 5.41) is 22.2.